The molecule has 0 saturated heterocycles. The first kappa shape index (κ1) is 23.0. The van der Waals surface area contributed by atoms with Crippen LogP contribution in [-0.4, -0.2) is 19.1 Å². The summed E-state index contributed by atoms with van der Waals surface area (Å²) in [5.74, 6) is 0. The maximum Gasteiger partial charge on any atom is 0.268 e. The highest BCUT2D eigenvalue weighted by molar-refractivity contribution is 7.12. The van der Waals surface area contributed by atoms with E-state index in [2.05, 4.69) is 78.8 Å². The normalized spacial score (nSPS) is 11.3. The second-order valence-electron chi connectivity index (χ2n) is 6.32. The van der Waals surface area contributed by atoms with E-state index in [0.717, 1.165) is 5.69 Å². The Morgan fingerprint density at radius 2 is 1.48 bits per heavy atom. The van der Waals surface area contributed by atoms with E-state index in [4.69, 9.17) is 18.6 Å². The van der Waals surface area contributed by atoms with Crippen molar-refractivity contribution in [2.75, 3.05) is 19.0 Å². The van der Waals surface area contributed by atoms with Gasteiger partial charge in [-0.25, -0.2) is 18.6 Å². The molecule has 1 aromatic carbocycles. The number of hydrogen-bond acceptors (Lipinski definition) is 7. The van der Waals surface area contributed by atoms with Gasteiger partial charge in [0, 0.05) is 57.3 Å². The van der Waals surface area contributed by atoms with E-state index in [1.54, 1.807) is 0 Å². The van der Waals surface area contributed by atoms with Gasteiger partial charge in [0.25, 0.3) is 5.01 Å². The molecule has 0 aliphatic rings. The van der Waals surface area contributed by atoms with Gasteiger partial charge < -0.3 is 4.90 Å². The summed E-state index contributed by atoms with van der Waals surface area (Å²) < 4.78 is 36.3. The van der Waals surface area contributed by atoms with Crippen molar-refractivity contribution in [3.8, 4) is 5.69 Å². The van der Waals surface area contributed by atoms with Gasteiger partial charge >= 0.3 is 0 Å². The van der Waals surface area contributed by atoms with Crippen molar-refractivity contribution in [1.82, 2.24) is 4.98 Å². The van der Waals surface area contributed by atoms with E-state index in [0.29, 0.717) is 0 Å². The van der Waals surface area contributed by atoms with Crippen molar-refractivity contribution in [2.45, 2.75) is 13.8 Å². The molecule has 7 nitrogen and oxygen atoms in total. The number of halogens is 1. The molecule has 0 bridgehead atoms. The summed E-state index contributed by atoms with van der Waals surface area (Å²) in [5.41, 5.74) is 4.83. The Kier molecular flexibility index (Phi) is 7.86. The molecule has 29 heavy (non-hydrogen) atoms. The van der Waals surface area contributed by atoms with Gasteiger partial charge in [0.2, 0.25) is 5.69 Å². The van der Waals surface area contributed by atoms with Crippen molar-refractivity contribution in [2.24, 2.45) is 0 Å². The smallest absolute Gasteiger partial charge is 0.268 e. The number of aryl methyl sites for hydroxylation is 1. The number of anilines is 1. The van der Waals surface area contributed by atoms with Gasteiger partial charge in [0.05, 0.1) is 4.88 Å². The maximum atomic E-state index is 8.49. The van der Waals surface area contributed by atoms with Crippen LogP contribution in [0.1, 0.15) is 21.1 Å². The molecular formula is C20H22ClN3O4S. The third-order valence-electron chi connectivity index (χ3n) is 4.07. The van der Waals surface area contributed by atoms with Crippen LogP contribution < -0.4 is 28.1 Å². The summed E-state index contributed by atoms with van der Waals surface area (Å²) in [7, 11) is -0.834. The van der Waals surface area contributed by atoms with Crippen molar-refractivity contribution >= 4 is 29.2 Å². The Bertz CT molecular complexity index is 946. The van der Waals surface area contributed by atoms with Crippen LogP contribution in [0.5, 0.6) is 0 Å². The van der Waals surface area contributed by atoms with Gasteiger partial charge in [-0.15, -0.1) is 14.8 Å². The van der Waals surface area contributed by atoms with Crippen LogP contribution in [0.3, 0.4) is 0 Å². The third-order valence-corrected chi connectivity index (χ3v) is 5.20. The summed E-state index contributed by atoms with van der Waals surface area (Å²) in [4.78, 5) is 7.56. The van der Waals surface area contributed by atoms with E-state index >= 15 is 0 Å². The quantitative estimate of drug-likeness (QED) is 0.511. The first-order valence-corrected chi connectivity index (χ1v) is 10.6. The fourth-order valence-corrected chi connectivity index (χ4v) is 3.60. The van der Waals surface area contributed by atoms with Crippen LogP contribution >= 0.6 is 11.3 Å². The van der Waals surface area contributed by atoms with Gasteiger partial charge in [-0.1, -0.05) is 23.5 Å². The zero-order valence-electron chi connectivity index (χ0n) is 16.5. The highest BCUT2D eigenvalue weighted by Crippen LogP contribution is 2.20. The van der Waals surface area contributed by atoms with E-state index in [-0.39, 0.29) is 0 Å². The minimum absolute atomic E-state index is 1.15. The lowest BCUT2D eigenvalue weighted by atomic mass is 10.2. The van der Waals surface area contributed by atoms with Crippen LogP contribution in [0.15, 0.2) is 48.8 Å². The molecule has 0 spiro atoms. The van der Waals surface area contributed by atoms with Crippen LogP contribution in [0.25, 0.3) is 17.8 Å². The lowest BCUT2D eigenvalue weighted by Gasteiger charge is -2.17. The fourth-order valence-electron chi connectivity index (χ4n) is 2.57. The topological polar surface area (TPSA) is 112 Å². The largest absolute Gasteiger partial charge is 0.378 e. The maximum absolute atomic E-state index is 8.49. The first-order valence-electron chi connectivity index (χ1n) is 8.56. The van der Waals surface area contributed by atoms with E-state index in [1.165, 1.54) is 26.8 Å². The Morgan fingerprint density at radius 3 is 2.00 bits per heavy atom. The van der Waals surface area contributed by atoms with Crippen molar-refractivity contribution < 1.29 is 33.4 Å². The molecule has 2 heterocycles. The van der Waals surface area contributed by atoms with E-state index in [1.807, 2.05) is 35.9 Å². The molecule has 0 unspecified atom stereocenters. The highest BCUT2D eigenvalue weighted by atomic mass is 35.7. The van der Waals surface area contributed by atoms with Gasteiger partial charge in [-0.05, 0) is 30.7 Å². The number of benzene rings is 1. The second kappa shape index (κ2) is 9.93. The molecule has 0 N–H and O–H groups in total. The van der Waals surface area contributed by atoms with Gasteiger partial charge in [-0.2, -0.15) is 0 Å². The number of rotatable bonds is 4. The van der Waals surface area contributed by atoms with Gasteiger partial charge in [0.15, 0.2) is 5.69 Å². The van der Waals surface area contributed by atoms with Gasteiger partial charge in [0.1, 0.15) is 0 Å². The molecule has 0 radical (unpaired) electrons. The summed E-state index contributed by atoms with van der Waals surface area (Å²) in [6, 6.07) is 12.7. The van der Waals surface area contributed by atoms with E-state index < -0.39 is 10.2 Å². The Labute approximate surface area is 176 Å². The Balaban J connectivity index is 0.000000537. The van der Waals surface area contributed by atoms with Crippen molar-refractivity contribution in [1.29, 1.82) is 0 Å². The zero-order chi connectivity index (χ0) is 21.6. The molecule has 0 saturated carbocycles. The monoisotopic (exact) mass is 435 g/mol. The predicted octanol–water partition coefficient (Wildman–Crippen LogP) is -0.483. The van der Waals surface area contributed by atoms with E-state index in [9.17, 15) is 0 Å². The number of nitrogens with zero attached hydrogens (tertiary/aromatic N) is 3. The molecule has 0 aliphatic carbocycles. The minimum atomic E-state index is -4.94. The molecular weight excluding hydrogens is 414 g/mol. The van der Waals surface area contributed by atoms with Crippen LogP contribution in [0.2, 0.25) is 0 Å². The number of aromatic nitrogens is 2. The fraction of sp³-hybridized carbons (Fsp3) is 0.200. The molecule has 3 aromatic rings. The molecule has 0 atom stereocenters. The lowest BCUT2D eigenvalue weighted by Crippen LogP contribution is -2.68. The summed E-state index contributed by atoms with van der Waals surface area (Å²) in [6.07, 6.45) is 8.03. The molecule has 0 amide bonds. The van der Waals surface area contributed by atoms with Crippen molar-refractivity contribution in [3.05, 3.63) is 69.9 Å². The van der Waals surface area contributed by atoms with Gasteiger partial charge in [-0.3, -0.25) is 4.98 Å². The van der Waals surface area contributed by atoms with Crippen molar-refractivity contribution in [3.63, 3.8) is 0 Å². The standard InChI is InChI=1S/C20H22N3S.ClHO4/c1-15-16(2)24-20(23(15)19-11-13-21-14-12-19)10-7-17-5-8-18(9-6-17)22(3)4;2-1(3,4)5/h5-14H,1-4H3;(H,2,3,4,5)/q+1;/p-1. The second-order valence-corrected chi connectivity index (χ2v) is 8.31. The average molecular weight is 436 g/mol. The summed E-state index contributed by atoms with van der Waals surface area (Å²) in [6.45, 7) is 4.33. The molecule has 9 heteroatoms. The molecule has 2 aromatic heterocycles. The number of thiazole rings is 1. The number of hydrogen-bond donors (Lipinski definition) is 0. The minimum Gasteiger partial charge on any atom is -0.378 e. The summed E-state index contributed by atoms with van der Waals surface area (Å²) >= 11 is 1.81. The predicted molar refractivity (Wildman–Crippen MR) is 103 cm³/mol. The third kappa shape index (κ3) is 7.21. The Hall–Kier alpha value is -2.33. The molecule has 154 valence electrons. The molecule has 3 rings (SSSR count). The highest BCUT2D eigenvalue weighted by Gasteiger charge is 2.21. The first-order chi connectivity index (χ1) is 13.6. The van der Waals surface area contributed by atoms with Crippen LogP contribution in [-0.2, 0) is 0 Å². The van der Waals surface area contributed by atoms with Crippen LogP contribution in [0.4, 0.5) is 5.69 Å². The summed E-state index contributed by atoms with van der Waals surface area (Å²) in [5, 5.41) is 1.22. The Morgan fingerprint density at radius 1 is 0.931 bits per heavy atom. The zero-order valence-corrected chi connectivity index (χ0v) is 18.1. The molecule has 0 aliphatic heterocycles. The van der Waals surface area contributed by atoms with Crippen LogP contribution in [0, 0.1) is 24.1 Å². The molecule has 0 fully saturated rings. The number of pyridine rings is 1. The SMILES string of the molecule is Cc1sc(C=Cc2ccc(N(C)C)cc2)[n+](-c2ccncc2)c1C.[O-][Cl+3]([O-])([O-])[O-]. The average Bonchev–Trinajstić information content (AvgIpc) is 2.93. The lowest BCUT2D eigenvalue weighted by molar-refractivity contribution is -2.00.